The number of esters is 2. The fourth-order valence-corrected chi connectivity index (χ4v) is 3.79. The van der Waals surface area contributed by atoms with Crippen LogP contribution in [0.25, 0.3) is 0 Å². The summed E-state index contributed by atoms with van der Waals surface area (Å²) in [6.07, 6.45) is 1.85. The topological polar surface area (TPSA) is 64.6 Å². The maximum absolute atomic E-state index is 13.1. The Morgan fingerprint density at radius 3 is 2.10 bits per heavy atom. The Labute approximate surface area is 177 Å². The Balaban J connectivity index is 2.18. The third-order valence-corrected chi connectivity index (χ3v) is 5.04. The largest absolute Gasteiger partial charge is 0.466 e. The van der Waals surface area contributed by atoms with Gasteiger partial charge in [-0.1, -0.05) is 54.1 Å². The quantitative estimate of drug-likeness (QED) is 0.668. The van der Waals surface area contributed by atoms with Gasteiger partial charge in [-0.2, -0.15) is 0 Å². The first-order valence-electron chi connectivity index (χ1n) is 10.2. The smallest absolute Gasteiger partial charge is 0.336 e. The molecular formula is C25H27NO4. The van der Waals surface area contributed by atoms with Gasteiger partial charge in [0.2, 0.25) is 0 Å². The fraction of sp³-hybridized carbons (Fsp3) is 0.280. The molecule has 2 atom stereocenters. The Hall–Kier alpha value is -3.34. The van der Waals surface area contributed by atoms with Gasteiger partial charge in [-0.25, -0.2) is 4.79 Å². The lowest BCUT2D eigenvalue weighted by molar-refractivity contribution is -0.147. The van der Waals surface area contributed by atoms with E-state index in [-0.39, 0.29) is 19.2 Å². The first-order chi connectivity index (χ1) is 14.6. The summed E-state index contributed by atoms with van der Waals surface area (Å²) in [4.78, 5) is 26.0. The molecule has 5 heteroatoms. The van der Waals surface area contributed by atoms with Gasteiger partial charge in [0.15, 0.2) is 0 Å². The molecule has 0 saturated heterocycles. The average molecular weight is 405 g/mol. The van der Waals surface area contributed by atoms with Crippen LogP contribution in [0.1, 0.15) is 32.3 Å². The highest BCUT2D eigenvalue weighted by Gasteiger charge is 2.42. The molecule has 1 N–H and O–H groups in total. The normalized spacial score (nSPS) is 18.4. The number of anilines is 1. The summed E-state index contributed by atoms with van der Waals surface area (Å²) in [5, 5.41) is 3.34. The van der Waals surface area contributed by atoms with Gasteiger partial charge in [0.1, 0.15) is 0 Å². The minimum Gasteiger partial charge on any atom is -0.466 e. The van der Waals surface area contributed by atoms with E-state index in [9.17, 15) is 9.59 Å². The molecular weight excluding hydrogens is 378 g/mol. The lowest BCUT2D eigenvalue weighted by Gasteiger charge is -2.33. The van der Waals surface area contributed by atoms with Gasteiger partial charge in [0, 0.05) is 17.3 Å². The Morgan fingerprint density at radius 2 is 1.50 bits per heavy atom. The van der Waals surface area contributed by atoms with Crippen LogP contribution in [0.5, 0.6) is 0 Å². The average Bonchev–Trinajstić information content (AvgIpc) is 2.75. The van der Waals surface area contributed by atoms with Gasteiger partial charge in [0.05, 0.1) is 24.7 Å². The van der Waals surface area contributed by atoms with Gasteiger partial charge >= 0.3 is 11.9 Å². The standard InChI is InChI=1S/C25H27NO4/c1-4-29-24(27)21-17(3)16-20(26-19-14-10-7-11-15-19)23(25(28)30-5-2)22(21)18-12-8-6-9-13-18/h6-16,21-22,26H,4-5H2,1-3H3/t21-,22+/m1/s1. The summed E-state index contributed by atoms with van der Waals surface area (Å²) in [5.74, 6) is -1.91. The van der Waals surface area contributed by atoms with Crippen LogP contribution >= 0.6 is 0 Å². The maximum Gasteiger partial charge on any atom is 0.336 e. The molecule has 2 aromatic carbocycles. The molecule has 0 spiro atoms. The van der Waals surface area contributed by atoms with E-state index < -0.39 is 17.8 Å². The number of carbonyl (C=O) groups is 2. The number of para-hydroxylation sites is 1. The molecule has 156 valence electrons. The second-order valence-corrected chi connectivity index (χ2v) is 7.05. The lowest BCUT2D eigenvalue weighted by atomic mass is 9.73. The highest BCUT2D eigenvalue weighted by atomic mass is 16.5. The number of hydrogen-bond acceptors (Lipinski definition) is 5. The minimum absolute atomic E-state index is 0.245. The molecule has 0 amide bonds. The van der Waals surface area contributed by atoms with Crippen LogP contribution in [-0.2, 0) is 19.1 Å². The van der Waals surface area contributed by atoms with Crippen molar-refractivity contribution in [3.63, 3.8) is 0 Å². The summed E-state index contributed by atoms with van der Waals surface area (Å²) >= 11 is 0. The van der Waals surface area contributed by atoms with E-state index in [1.165, 1.54) is 0 Å². The summed E-state index contributed by atoms with van der Waals surface area (Å²) in [6, 6.07) is 19.2. The van der Waals surface area contributed by atoms with Gasteiger partial charge in [-0.05, 0) is 44.5 Å². The maximum atomic E-state index is 13.1. The molecule has 1 aliphatic rings. The molecule has 0 aromatic heterocycles. The molecule has 0 aliphatic heterocycles. The number of nitrogens with one attached hydrogen (secondary N) is 1. The van der Waals surface area contributed by atoms with Crippen molar-refractivity contribution in [2.75, 3.05) is 18.5 Å². The van der Waals surface area contributed by atoms with E-state index >= 15 is 0 Å². The number of hydrogen-bond donors (Lipinski definition) is 1. The zero-order chi connectivity index (χ0) is 21.5. The molecule has 0 radical (unpaired) electrons. The van der Waals surface area contributed by atoms with Crippen LogP contribution in [0, 0.1) is 5.92 Å². The summed E-state index contributed by atoms with van der Waals surface area (Å²) in [6.45, 7) is 5.97. The number of carbonyl (C=O) groups excluding carboxylic acids is 2. The van der Waals surface area contributed by atoms with Gasteiger partial charge in [-0.15, -0.1) is 0 Å². The number of rotatable bonds is 7. The molecule has 2 aromatic rings. The third kappa shape index (κ3) is 4.62. The first-order valence-corrected chi connectivity index (χ1v) is 10.2. The van der Waals surface area contributed by atoms with Crippen LogP contribution in [-0.4, -0.2) is 25.2 Å². The van der Waals surface area contributed by atoms with E-state index in [0.29, 0.717) is 11.3 Å². The van der Waals surface area contributed by atoms with Crippen LogP contribution in [0.2, 0.25) is 0 Å². The summed E-state index contributed by atoms with van der Waals surface area (Å²) in [7, 11) is 0. The van der Waals surface area contributed by atoms with Crippen molar-refractivity contribution in [2.24, 2.45) is 5.92 Å². The third-order valence-electron chi connectivity index (χ3n) is 5.04. The highest BCUT2D eigenvalue weighted by molar-refractivity contribution is 5.95. The first kappa shape index (κ1) is 21.4. The number of allylic oxidation sites excluding steroid dienone is 1. The van der Waals surface area contributed by atoms with Crippen LogP contribution in [0.4, 0.5) is 5.69 Å². The van der Waals surface area contributed by atoms with Crippen LogP contribution in [0.15, 0.2) is 83.6 Å². The van der Waals surface area contributed by atoms with Crippen molar-refractivity contribution >= 4 is 17.6 Å². The fourth-order valence-electron chi connectivity index (χ4n) is 3.79. The van der Waals surface area contributed by atoms with E-state index in [0.717, 1.165) is 16.8 Å². The SMILES string of the molecule is CCOC(=O)C1=C(Nc2ccccc2)C=C(C)[C@@H](C(=O)OCC)[C@@H]1c1ccccc1. The summed E-state index contributed by atoms with van der Waals surface area (Å²) in [5.41, 5.74) is 3.59. The van der Waals surface area contributed by atoms with E-state index in [2.05, 4.69) is 5.32 Å². The number of ether oxygens (including phenoxy) is 2. The van der Waals surface area contributed by atoms with Crippen molar-refractivity contribution < 1.29 is 19.1 Å². The van der Waals surface area contributed by atoms with Gasteiger partial charge in [0.25, 0.3) is 0 Å². The predicted octanol–water partition coefficient (Wildman–Crippen LogP) is 4.84. The molecule has 0 saturated carbocycles. The zero-order valence-corrected chi connectivity index (χ0v) is 17.6. The van der Waals surface area contributed by atoms with Crippen molar-refractivity contribution in [1.82, 2.24) is 0 Å². The highest BCUT2D eigenvalue weighted by Crippen LogP contribution is 2.43. The minimum atomic E-state index is -0.604. The molecule has 1 aliphatic carbocycles. The molecule has 0 bridgehead atoms. The van der Waals surface area contributed by atoms with Crippen LogP contribution in [0.3, 0.4) is 0 Å². The Morgan fingerprint density at radius 1 is 0.900 bits per heavy atom. The molecule has 30 heavy (non-hydrogen) atoms. The van der Waals surface area contributed by atoms with Crippen molar-refractivity contribution in [3.8, 4) is 0 Å². The lowest BCUT2D eigenvalue weighted by Crippen LogP contribution is -2.34. The second-order valence-electron chi connectivity index (χ2n) is 7.05. The Kier molecular flexibility index (Phi) is 7.07. The summed E-state index contributed by atoms with van der Waals surface area (Å²) < 4.78 is 10.8. The van der Waals surface area contributed by atoms with Gasteiger partial charge in [-0.3, -0.25) is 4.79 Å². The predicted molar refractivity (Wildman–Crippen MR) is 117 cm³/mol. The molecule has 5 nitrogen and oxygen atoms in total. The second kappa shape index (κ2) is 9.92. The van der Waals surface area contributed by atoms with Gasteiger partial charge < -0.3 is 14.8 Å². The molecule has 0 unspecified atom stereocenters. The van der Waals surface area contributed by atoms with E-state index in [1.807, 2.05) is 73.7 Å². The van der Waals surface area contributed by atoms with Crippen molar-refractivity contribution in [1.29, 1.82) is 0 Å². The monoisotopic (exact) mass is 405 g/mol. The number of benzene rings is 2. The van der Waals surface area contributed by atoms with E-state index in [4.69, 9.17) is 9.47 Å². The Bertz CT molecular complexity index is 948. The van der Waals surface area contributed by atoms with Crippen molar-refractivity contribution in [2.45, 2.75) is 26.7 Å². The van der Waals surface area contributed by atoms with E-state index in [1.54, 1.807) is 13.8 Å². The molecule has 3 rings (SSSR count). The zero-order valence-electron chi connectivity index (χ0n) is 17.6. The van der Waals surface area contributed by atoms with Crippen molar-refractivity contribution in [3.05, 3.63) is 89.1 Å². The van der Waals surface area contributed by atoms with Crippen LogP contribution < -0.4 is 5.32 Å². The molecule has 0 fully saturated rings. The molecule has 0 heterocycles.